The molecule has 0 bridgehead atoms. The second kappa shape index (κ2) is 6.37. The van der Waals surface area contributed by atoms with Crippen LogP contribution in [0.3, 0.4) is 0 Å². The molecule has 0 aromatic heterocycles. The number of rotatable bonds is 5. The van der Waals surface area contributed by atoms with Crippen molar-refractivity contribution in [3.63, 3.8) is 0 Å². The molecule has 0 aliphatic heterocycles. The third kappa shape index (κ3) is 3.72. The van der Waals surface area contributed by atoms with E-state index >= 15 is 0 Å². The number of carbonyl (C=O) groups is 3. The van der Waals surface area contributed by atoms with Crippen molar-refractivity contribution in [1.29, 1.82) is 0 Å². The molecule has 6 nitrogen and oxygen atoms in total. The molecule has 0 aromatic carbocycles. The number of aliphatic carboxylic acids is 1. The smallest absolute Gasteiger partial charge is 0.307 e. The number of carboxylic acid groups (broad SMARTS) is 1. The molecular weight excluding hydrogens is 236 g/mol. The fraction of sp³-hybridized carbons (Fsp3) is 0.750. The highest BCUT2D eigenvalue weighted by molar-refractivity contribution is 5.88. The zero-order valence-electron chi connectivity index (χ0n) is 10.7. The van der Waals surface area contributed by atoms with Crippen LogP contribution in [0.4, 0.5) is 0 Å². The maximum absolute atomic E-state index is 11.9. The van der Waals surface area contributed by atoms with Gasteiger partial charge >= 0.3 is 5.97 Å². The van der Waals surface area contributed by atoms with Gasteiger partial charge in [0.25, 0.3) is 0 Å². The molecule has 3 atom stereocenters. The molecule has 1 aliphatic rings. The van der Waals surface area contributed by atoms with Gasteiger partial charge in [-0.2, -0.15) is 0 Å². The van der Waals surface area contributed by atoms with Gasteiger partial charge in [0.05, 0.1) is 18.4 Å². The van der Waals surface area contributed by atoms with Crippen molar-refractivity contribution >= 4 is 17.8 Å². The second-order valence-corrected chi connectivity index (χ2v) is 4.80. The van der Waals surface area contributed by atoms with Gasteiger partial charge in [-0.05, 0) is 25.7 Å². The summed E-state index contributed by atoms with van der Waals surface area (Å²) in [6, 6.07) is 0. The van der Waals surface area contributed by atoms with Crippen LogP contribution in [0.1, 0.15) is 26.7 Å². The summed E-state index contributed by atoms with van der Waals surface area (Å²) >= 11 is 0. The van der Waals surface area contributed by atoms with E-state index < -0.39 is 17.8 Å². The Kier molecular flexibility index (Phi) is 5.12. The van der Waals surface area contributed by atoms with E-state index in [0.29, 0.717) is 19.4 Å². The fourth-order valence-corrected chi connectivity index (χ4v) is 2.41. The molecule has 0 aromatic rings. The van der Waals surface area contributed by atoms with Crippen LogP contribution >= 0.6 is 0 Å². The normalized spacial score (nSPS) is 26.7. The van der Waals surface area contributed by atoms with Crippen LogP contribution in [0.5, 0.6) is 0 Å². The van der Waals surface area contributed by atoms with Crippen molar-refractivity contribution in [2.45, 2.75) is 26.7 Å². The summed E-state index contributed by atoms with van der Waals surface area (Å²) in [6.07, 6.45) is 1.09. The number of carboxylic acids is 1. The van der Waals surface area contributed by atoms with E-state index in [1.807, 2.05) is 6.92 Å². The summed E-state index contributed by atoms with van der Waals surface area (Å²) in [4.78, 5) is 34.1. The topological polar surface area (TPSA) is 95.5 Å². The van der Waals surface area contributed by atoms with Crippen molar-refractivity contribution in [3.8, 4) is 0 Å². The number of carbonyl (C=O) groups excluding carboxylic acids is 2. The summed E-state index contributed by atoms with van der Waals surface area (Å²) in [6.45, 7) is 4.14. The molecule has 0 heterocycles. The zero-order chi connectivity index (χ0) is 13.7. The molecule has 6 heteroatoms. The van der Waals surface area contributed by atoms with Gasteiger partial charge in [-0.25, -0.2) is 0 Å². The molecule has 0 saturated heterocycles. The minimum absolute atomic E-state index is 0.0934. The maximum Gasteiger partial charge on any atom is 0.307 e. The van der Waals surface area contributed by atoms with E-state index in [-0.39, 0.29) is 24.3 Å². The van der Waals surface area contributed by atoms with E-state index in [1.165, 1.54) is 0 Å². The van der Waals surface area contributed by atoms with Gasteiger partial charge in [-0.1, -0.05) is 6.92 Å². The molecule has 3 N–H and O–H groups in total. The Bertz CT molecular complexity index is 343. The Morgan fingerprint density at radius 1 is 1.17 bits per heavy atom. The average Bonchev–Trinajstić information content (AvgIpc) is 2.69. The molecule has 1 aliphatic carbocycles. The van der Waals surface area contributed by atoms with E-state index in [9.17, 15) is 14.4 Å². The van der Waals surface area contributed by atoms with Crippen molar-refractivity contribution in [2.24, 2.45) is 17.8 Å². The number of nitrogens with one attached hydrogen (secondary N) is 2. The van der Waals surface area contributed by atoms with Gasteiger partial charge in [0, 0.05) is 6.54 Å². The molecule has 1 unspecified atom stereocenters. The van der Waals surface area contributed by atoms with E-state index in [2.05, 4.69) is 10.6 Å². The lowest BCUT2D eigenvalue weighted by Gasteiger charge is -2.15. The second-order valence-electron chi connectivity index (χ2n) is 4.80. The Morgan fingerprint density at radius 2 is 1.78 bits per heavy atom. The molecule has 1 saturated carbocycles. The van der Waals surface area contributed by atoms with Crippen LogP contribution in [0.15, 0.2) is 0 Å². The molecule has 0 radical (unpaired) electrons. The molecule has 102 valence electrons. The highest BCUT2D eigenvalue weighted by Gasteiger charge is 2.41. The van der Waals surface area contributed by atoms with Gasteiger partial charge in [0.15, 0.2) is 0 Å². The van der Waals surface area contributed by atoms with Crippen molar-refractivity contribution in [1.82, 2.24) is 10.6 Å². The molecule has 0 spiro atoms. The fourth-order valence-electron chi connectivity index (χ4n) is 2.41. The van der Waals surface area contributed by atoms with Crippen LogP contribution in [-0.2, 0) is 14.4 Å². The molecule has 2 amide bonds. The van der Waals surface area contributed by atoms with Gasteiger partial charge in [0.2, 0.25) is 11.8 Å². The molecule has 1 fully saturated rings. The highest BCUT2D eigenvalue weighted by Crippen LogP contribution is 2.36. The van der Waals surface area contributed by atoms with Crippen molar-refractivity contribution in [2.75, 3.05) is 13.1 Å². The zero-order valence-corrected chi connectivity index (χ0v) is 10.7. The maximum atomic E-state index is 11.9. The minimum Gasteiger partial charge on any atom is -0.481 e. The predicted octanol–water partition coefficient (Wildman–Crippen LogP) is -0.0144. The van der Waals surface area contributed by atoms with Crippen molar-refractivity contribution in [3.05, 3.63) is 0 Å². The standard InChI is InChI=1S/C12H20N2O4/c1-3-13-10(15)6-14-11(16)8-4-7(2)5-9(8)12(17)18/h7-9H,3-6H2,1-2H3,(H,13,15)(H,14,16)(H,17,18)/t7?,8-,9+/m0/s1. The van der Waals surface area contributed by atoms with Gasteiger partial charge < -0.3 is 15.7 Å². The number of likely N-dealkylation sites (N-methyl/N-ethyl adjacent to an activating group) is 1. The van der Waals surface area contributed by atoms with E-state index in [0.717, 1.165) is 0 Å². The average molecular weight is 256 g/mol. The van der Waals surface area contributed by atoms with Crippen molar-refractivity contribution < 1.29 is 19.5 Å². The lowest BCUT2D eigenvalue weighted by Crippen LogP contribution is -2.41. The lowest BCUT2D eigenvalue weighted by atomic mass is 9.95. The first-order valence-electron chi connectivity index (χ1n) is 6.22. The van der Waals surface area contributed by atoms with E-state index in [4.69, 9.17) is 5.11 Å². The molecule has 1 rings (SSSR count). The van der Waals surface area contributed by atoms with Crippen LogP contribution in [0.25, 0.3) is 0 Å². The first kappa shape index (κ1) is 14.5. The predicted molar refractivity (Wildman–Crippen MR) is 64.7 cm³/mol. The monoisotopic (exact) mass is 256 g/mol. The quantitative estimate of drug-likeness (QED) is 0.644. The first-order chi connectivity index (χ1) is 8.45. The summed E-state index contributed by atoms with van der Waals surface area (Å²) in [5, 5.41) is 14.1. The summed E-state index contributed by atoms with van der Waals surface area (Å²) < 4.78 is 0. The van der Waals surface area contributed by atoms with Crippen LogP contribution < -0.4 is 10.6 Å². The summed E-state index contributed by atoms with van der Waals surface area (Å²) in [7, 11) is 0. The molecule has 18 heavy (non-hydrogen) atoms. The first-order valence-corrected chi connectivity index (χ1v) is 6.22. The van der Waals surface area contributed by atoms with Gasteiger partial charge in [-0.3, -0.25) is 14.4 Å². The number of hydrogen-bond donors (Lipinski definition) is 3. The van der Waals surface area contributed by atoms with Crippen LogP contribution in [-0.4, -0.2) is 36.0 Å². The summed E-state index contributed by atoms with van der Waals surface area (Å²) in [5.74, 6) is -2.45. The molecular formula is C12H20N2O4. The number of amides is 2. The highest BCUT2D eigenvalue weighted by atomic mass is 16.4. The van der Waals surface area contributed by atoms with Crippen LogP contribution in [0, 0.1) is 17.8 Å². The Morgan fingerprint density at radius 3 is 2.33 bits per heavy atom. The Labute approximate surface area is 106 Å². The lowest BCUT2D eigenvalue weighted by molar-refractivity contribution is -0.146. The Hall–Kier alpha value is -1.59. The third-order valence-electron chi connectivity index (χ3n) is 3.25. The number of hydrogen-bond acceptors (Lipinski definition) is 3. The Balaban J connectivity index is 2.50. The third-order valence-corrected chi connectivity index (χ3v) is 3.25. The summed E-state index contributed by atoms with van der Waals surface area (Å²) in [5.41, 5.74) is 0. The van der Waals surface area contributed by atoms with Gasteiger partial charge in [-0.15, -0.1) is 0 Å². The van der Waals surface area contributed by atoms with Gasteiger partial charge in [0.1, 0.15) is 0 Å². The van der Waals surface area contributed by atoms with E-state index in [1.54, 1.807) is 6.92 Å². The largest absolute Gasteiger partial charge is 0.481 e. The van der Waals surface area contributed by atoms with Crippen LogP contribution in [0.2, 0.25) is 0 Å². The SMILES string of the molecule is CCNC(=O)CNC(=O)[C@H]1CC(C)C[C@H]1C(=O)O. The minimum atomic E-state index is -0.933.